The van der Waals surface area contributed by atoms with E-state index in [1.165, 1.54) is 4.90 Å². The third kappa shape index (κ3) is 2.35. The van der Waals surface area contributed by atoms with Gasteiger partial charge in [-0.25, -0.2) is 4.79 Å². The molecule has 2 saturated heterocycles. The maximum absolute atomic E-state index is 12.4. The Labute approximate surface area is 107 Å². The van der Waals surface area contributed by atoms with E-state index >= 15 is 0 Å². The van der Waals surface area contributed by atoms with Gasteiger partial charge in [-0.1, -0.05) is 6.92 Å². The minimum Gasteiger partial charge on any atom is -0.381 e. The lowest BCUT2D eigenvalue weighted by atomic mass is 9.90. The summed E-state index contributed by atoms with van der Waals surface area (Å²) in [6.45, 7) is 4.34. The second-order valence-corrected chi connectivity index (χ2v) is 5.20. The van der Waals surface area contributed by atoms with Gasteiger partial charge in [-0.2, -0.15) is 0 Å². The molecule has 1 unspecified atom stereocenters. The second-order valence-electron chi connectivity index (χ2n) is 5.20. The molecule has 102 valence electrons. The molecule has 1 atom stereocenters. The molecule has 2 aliphatic heterocycles. The highest BCUT2D eigenvalue weighted by Gasteiger charge is 2.51. The van der Waals surface area contributed by atoms with Crippen LogP contribution >= 0.6 is 0 Å². The molecule has 6 nitrogen and oxygen atoms in total. The van der Waals surface area contributed by atoms with Crippen LogP contribution in [0.5, 0.6) is 0 Å². The van der Waals surface area contributed by atoms with Crippen molar-refractivity contribution in [2.45, 2.75) is 25.3 Å². The number of ether oxygens (including phenoxy) is 1. The maximum Gasteiger partial charge on any atom is 0.325 e. The van der Waals surface area contributed by atoms with Gasteiger partial charge < -0.3 is 15.4 Å². The zero-order valence-corrected chi connectivity index (χ0v) is 11.0. The molecule has 1 spiro atoms. The van der Waals surface area contributed by atoms with Crippen molar-refractivity contribution in [3.63, 3.8) is 0 Å². The molecule has 0 radical (unpaired) electrons. The number of amides is 3. The largest absolute Gasteiger partial charge is 0.381 e. The van der Waals surface area contributed by atoms with E-state index in [1.54, 1.807) is 0 Å². The van der Waals surface area contributed by atoms with Crippen LogP contribution in [0.3, 0.4) is 0 Å². The summed E-state index contributed by atoms with van der Waals surface area (Å²) in [4.78, 5) is 25.7. The molecular weight excluding hydrogens is 234 g/mol. The second kappa shape index (κ2) is 5.24. The minimum absolute atomic E-state index is 0.0845. The first-order valence-corrected chi connectivity index (χ1v) is 6.45. The van der Waals surface area contributed by atoms with Crippen LogP contribution in [0.25, 0.3) is 0 Å². The SMILES string of the molecule is CNCC(C)CN1C(=O)NC2(CCOCC2)C1=O. The lowest BCUT2D eigenvalue weighted by Crippen LogP contribution is -2.51. The van der Waals surface area contributed by atoms with E-state index in [1.807, 2.05) is 14.0 Å². The van der Waals surface area contributed by atoms with Crippen molar-refractivity contribution in [1.82, 2.24) is 15.5 Å². The fraction of sp³-hybridized carbons (Fsp3) is 0.833. The summed E-state index contributed by atoms with van der Waals surface area (Å²) in [5, 5.41) is 5.91. The summed E-state index contributed by atoms with van der Waals surface area (Å²) in [5.41, 5.74) is -0.700. The number of nitrogens with zero attached hydrogens (tertiary/aromatic N) is 1. The fourth-order valence-corrected chi connectivity index (χ4v) is 2.63. The Morgan fingerprint density at radius 2 is 2.11 bits per heavy atom. The Morgan fingerprint density at radius 1 is 1.44 bits per heavy atom. The summed E-state index contributed by atoms with van der Waals surface area (Å²) in [6.07, 6.45) is 1.16. The standard InChI is InChI=1S/C12H21N3O3/c1-9(7-13-2)8-15-10(16)12(14-11(15)17)3-5-18-6-4-12/h9,13H,3-8H2,1-2H3,(H,14,17). The number of carbonyl (C=O) groups is 2. The van der Waals surface area contributed by atoms with Gasteiger partial charge in [-0.3, -0.25) is 9.69 Å². The van der Waals surface area contributed by atoms with Crippen molar-refractivity contribution in [3.05, 3.63) is 0 Å². The highest BCUT2D eigenvalue weighted by Crippen LogP contribution is 2.28. The van der Waals surface area contributed by atoms with Gasteiger partial charge in [-0.15, -0.1) is 0 Å². The minimum atomic E-state index is -0.700. The first-order chi connectivity index (χ1) is 8.59. The number of imide groups is 1. The normalized spacial score (nSPS) is 24.4. The van der Waals surface area contributed by atoms with E-state index in [4.69, 9.17) is 4.74 Å². The van der Waals surface area contributed by atoms with E-state index in [9.17, 15) is 9.59 Å². The van der Waals surface area contributed by atoms with Crippen molar-refractivity contribution in [2.75, 3.05) is 33.4 Å². The third-order valence-electron chi connectivity index (χ3n) is 3.64. The van der Waals surface area contributed by atoms with Crippen molar-refractivity contribution in [1.29, 1.82) is 0 Å². The number of carbonyl (C=O) groups excluding carboxylic acids is 2. The van der Waals surface area contributed by atoms with Gasteiger partial charge in [0.25, 0.3) is 5.91 Å². The quantitative estimate of drug-likeness (QED) is 0.691. The monoisotopic (exact) mass is 255 g/mol. The molecule has 2 rings (SSSR count). The number of hydrogen-bond acceptors (Lipinski definition) is 4. The van der Waals surface area contributed by atoms with Crippen LogP contribution in [0.1, 0.15) is 19.8 Å². The average Bonchev–Trinajstić information content (AvgIpc) is 2.55. The number of hydrogen-bond donors (Lipinski definition) is 2. The molecule has 0 aromatic carbocycles. The summed E-state index contributed by atoms with van der Waals surface area (Å²) < 4.78 is 5.26. The number of rotatable bonds is 4. The van der Waals surface area contributed by atoms with Gasteiger partial charge in [0.1, 0.15) is 5.54 Å². The Bertz CT molecular complexity index is 339. The number of urea groups is 1. The Kier molecular flexibility index (Phi) is 3.87. The van der Waals surface area contributed by atoms with Crippen LogP contribution in [-0.2, 0) is 9.53 Å². The predicted octanol–water partition coefficient (Wildman–Crippen LogP) is -0.0571. The van der Waals surface area contributed by atoms with Crippen molar-refractivity contribution >= 4 is 11.9 Å². The van der Waals surface area contributed by atoms with Crippen LogP contribution < -0.4 is 10.6 Å². The van der Waals surface area contributed by atoms with Gasteiger partial charge in [0.15, 0.2) is 0 Å². The third-order valence-corrected chi connectivity index (χ3v) is 3.64. The smallest absolute Gasteiger partial charge is 0.325 e. The molecule has 0 aromatic heterocycles. The Balaban J connectivity index is 2.04. The van der Waals surface area contributed by atoms with E-state index in [0.29, 0.717) is 32.6 Å². The first kappa shape index (κ1) is 13.3. The lowest BCUT2D eigenvalue weighted by Gasteiger charge is -2.30. The highest BCUT2D eigenvalue weighted by atomic mass is 16.5. The van der Waals surface area contributed by atoms with Crippen molar-refractivity contribution < 1.29 is 14.3 Å². The van der Waals surface area contributed by atoms with E-state index in [2.05, 4.69) is 10.6 Å². The maximum atomic E-state index is 12.4. The zero-order chi connectivity index (χ0) is 13.2. The average molecular weight is 255 g/mol. The van der Waals surface area contributed by atoms with Gasteiger partial charge in [0.2, 0.25) is 0 Å². The number of nitrogens with one attached hydrogen (secondary N) is 2. The van der Waals surface area contributed by atoms with Gasteiger partial charge in [-0.05, 0) is 19.5 Å². The van der Waals surface area contributed by atoms with Crippen LogP contribution in [0.4, 0.5) is 4.79 Å². The molecule has 0 bridgehead atoms. The van der Waals surface area contributed by atoms with Gasteiger partial charge in [0.05, 0.1) is 0 Å². The molecule has 0 aliphatic carbocycles. The molecule has 0 aromatic rings. The van der Waals surface area contributed by atoms with Gasteiger partial charge in [0, 0.05) is 32.6 Å². The molecular formula is C12H21N3O3. The molecule has 2 N–H and O–H groups in total. The Morgan fingerprint density at radius 3 is 2.72 bits per heavy atom. The molecule has 2 fully saturated rings. The highest BCUT2D eigenvalue weighted by molar-refractivity contribution is 6.07. The molecule has 18 heavy (non-hydrogen) atoms. The van der Waals surface area contributed by atoms with Crippen LogP contribution in [0.2, 0.25) is 0 Å². The first-order valence-electron chi connectivity index (χ1n) is 6.45. The molecule has 2 heterocycles. The van der Waals surface area contributed by atoms with E-state index < -0.39 is 5.54 Å². The van der Waals surface area contributed by atoms with E-state index in [-0.39, 0.29) is 17.9 Å². The topological polar surface area (TPSA) is 70.7 Å². The van der Waals surface area contributed by atoms with Crippen LogP contribution in [-0.4, -0.2) is 55.7 Å². The van der Waals surface area contributed by atoms with Crippen molar-refractivity contribution in [2.24, 2.45) is 5.92 Å². The Hall–Kier alpha value is -1.14. The molecule has 0 saturated carbocycles. The molecule has 6 heteroatoms. The molecule has 2 aliphatic rings. The van der Waals surface area contributed by atoms with E-state index in [0.717, 1.165) is 6.54 Å². The van der Waals surface area contributed by atoms with Crippen LogP contribution in [0.15, 0.2) is 0 Å². The molecule has 3 amide bonds. The summed E-state index contributed by atoms with van der Waals surface area (Å²) in [5.74, 6) is 0.165. The fourth-order valence-electron chi connectivity index (χ4n) is 2.63. The lowest BCUT2D eigenvalue weighted by molar-refractivity contribution is -0.134. The van der Waals surface area contributed by atoms with Gasteiger partial charge >= 0.3 is 6.03 Å². The zero-order valence-electron chi connectivity index (χ0n) is 11.0. The van der Waals surface area contributed by atoms with Crippen LogP contribution in [0, 0.1) is 5.92 Å². The summed E-state index contributed by atoms with van der Waals surface area (Å²) in [6, 6.07) is -0.259. The van der Waals surface area contributed by atoms with Crippen molar-refractivity contribution in [3.8, 4) is 0 Å². The predicted molar refractivity (Wildman–Crippen MR) is 66.1 cm³/mol. The summed E-state index contributed by atoms with van der Waals surface area (Å²) >= 11 is 0. The summed E-state index contributed by atoms with van der Waals surface area (Å²) in [7, 11) is 1.86.